The fourth-order valence-corrected chi connectivity index (χ4v) is 3.65. The lowest BCUT2D eigenvalue weighted by Crippen LogP contribution is -2.17. The topological polar surface area (TPSA) is 30.5 Å². The monoisotopic (exact) mass is 449 g/mol. The summed E-state index contributed by atoms with van der Waals surface area (Å²) in [5.74, 6) is 1.41. The highest BCUT2D eigenvalue weighted by Gasteiger charge is 2.12. The molecule has 6 heteroatoms. The van der Waals surface area contributed by atoms with Crippen molar-refractivity contribution < 1.29 is 9.47 Å². The Hall–Kier alpha value is -1.91. The summed E-state index contributed by atoms with van der Waals surface area (Å²) in [5, 5.41) is 5.45. The van der Waals surface area contributed by atoms with Crippen molar-refractivity contribution in [3.05, 3.63) is 92.4 Å². The van der Waals surface area contributed by atoms with Crippen molar-refractivity contribution in [2.24, 2.45) is 0 Å². The zero-order valence-electron chi connectivity index (χ0n) is 16.1. The lowest BCUT2D eigenvalue weighted by Gasteiger charge is -2.16. The highest BCUT2D eigenvalue weighted by Crippen LogP contribution is 2.32. The Bertz CT molecular complexity index is 963. The lowest BCUT2D eigenvalue weighted by atomic mass is 10.1. The van der Waals surface area contributed by atoms with Crippen LogP contribution in [0.5, 0.6) is 11.5 Å². The standard InChI is InChI=1S/C23H22Cl3NO2/c1-28-22-8-4-6-17(23(22)29-15-18-5-2-3-7-20(18)25)14-27-12-11-16-9-10-19(24)13-21(16)26/h2-10,13,27H,11-12,14-15H2,1H3. The minimum absolute atomic E-state index is 0.368. The summed E-state index contributed by atoms with van der Waals surface area (Å²) in [4.78, 5) is 0. The largest absolute Gasteiger partial charge is 0.493 e. The Labute approximate surface area is 186 Å². The first-order chi connectivity index (χ1) is 14.1. The number of para-hydroxylation sites is 1. The number of rotatable bonds is 9. The predicted octanol–water partition coefficient (Wildman–Crippen LogP) is 6.57. The van der Waals surface area contributed by atoms with E-state index in [2.05, 4.69) is 5.32 Å². The number of nitrogens with one attached hydrogen (secondary N) is 1. The Morgan fingerprint density at radius 1 is 0.828 bits per heavy atom. The second-order valence-corrected chi connectivity index (χ2v) is 7.74. The number of benzene rings is 3. The molecule has 0 radical (unpaired) electrons. The van der Waals surface area contributed by atoms with Gasteiger partial charge in [-0.25, -0.2) is 0 Å². The Morgan fingerprint density at radius 2 is 1.62 bits per heavy atom. The second kappa shape index (κ2) is 10.7. The zero-order chi connectivity index (χ0) is 20.6. The highest BCUT2D eigenvalue weighted by atomic mass is 35.5. The molecule has 1 N–H and O–H groups in total. The molecular weight excluding hydrogens is 429 g/mol. The quantitative estimate of drug-likeness (QED) is 0.374. The molecule has 29 heavy (non-hydrogen) atoms. The molecule has 0 aromatic heterocycles. The summed E-state index contributed by atoms with van der Waals surface area (Å²) >= 11 is 18.4. The van der Waals surface area contributed by atoms with Crippen LogP contribution in [0.15, 0.2) is 60.7 Å². The first-order valence-corrected chi connectivity index (χ1v) is 10.4. The van der Waals surface area contributed by atoms with Gasteiger partial charge in [-0.2, -0.15) is 0 Å². The summed E-state index contributed by atoms with van der Waals surface area (Å²) in [6, 6.07) is 19.1. The van der Waals surface area contributed by atoms with Crippen molar-refractivity contribution in [2.75, 3.05) is 13.7 Å². The second-order valence-electron chi connectivity index (χ2n) is 6.49. The van der Waals surface area contributed by atoms with Crippen LogP contribution < -0.4 is 14.8 Å². The molecule has 3 rings (SSSR count). The van der Waals surface area contributed by atoms with E-state index in [4.69, 9.17) is 44.3 Å². The highest BCUT2D eigenvalue weighted by molar-refractivity contribution is 6.35. The molecule has 0 aliphatic rings. The summed E-state index contributed by atoms with van der Waals surface area (Å²) < 4.78 is 11.6. The molecule has 0 amide bonds. The van der Waals surface area contributed by atoms with Crippen molar-refractivity contribution in [1.29, 1.82) is 0 Å². The molecule has 0 fully saturated rings. The summed E-state index contributed by atoms with van der Waals surface area (Å²) in [6.07, 6.45) is 0.801. The van der Waals surface area contributed by atoms with E-state index in [1.165, 1.54) is 0 Å². The minimum atomic E-state index is 0.368. The molecule has 3 nitrogen and oxygen atoms in total. The van der Waals surface area contributed by atoms with Gasteiger partial charge in [0, 0.05) is 32.7 Å². The average molecular weight is 451 g/mol. The fourth-order valence-electron chi connectivity index (χ4n) is 2.96. The fraction of sp³-hybridized carbons (Fsp3) is 0.217. The third-order valence-electron chi connectivity index (χ3n) is 4.51. The van der Waals surface area contributed by atoms with E-state index in [1.54, 1.807) is 13.2 Å². The molecule has 0 unspecified atom stereocenters. The number of methoxy groups -OCH3 is 1. The number of halogens is 3. The van der Waals surface area contributed by atoms with Gasteiger partial charge in [0.25, 0.3) is 0 Å². The maximum absolute atomic E-state index is 6.24. The van der Waals surface area contributed by atoms with Crippen LogP contribution in [0.25, 0.3) is 0 Å². The van der Waals surface area contributed by atoms with Crippen LogP contribution in [-0.2, 0) is 19.6 Å². The maximum atomic E-state index is 6.24. The Morgan fingerprint density at radius 3 is 2.38 bits per heavy atom. The van der Waals surface area contributed by atoms with Gasteiger partial charge in [0.15, 0.2) is 11.5 Å². The SMILES string of the molecule is COc1cccc(CNCCc2ccc(Cl)cc2Cl)c1OCc1ccccc1Cl. The molecule has 152 valence electrons. The molecule has 0 bridgehead atoms. The van der Waals surface area contributed by atoms with Gasteiger partial charge in [-0.3, -0.25) is 0 Å². The third kappa shape index (κ3) is 6.03. The lowest BCUT2D eigenvalue weighted by molar-refractivity contribution is 0.280. The van der Waals surface area contributed by atoms with Crippen molar-refractivity contribution in [3.8, 4) is 11.5 Å². The van der Waals surface area contributed by atoms with Gasteiger partial charge in [0.2, 0.25) is 0 Å². The van der Waals surface area contributed by atoms with Crippen LogP contribution in [0, 0.1) is 0 Å². The molecule has 0 aliphatic carbocycles. The van der Waals surface area contributed by atoms with Gasteiger partial charge in [0.05, 0.1) is 7.11 Å². The minimum Gasteiger partial charge on any atom is -0.493 e. The molecule has 0 aliphatic heterocycles. The summed E-state index contributed by atoms with van der Waals surface area (Å²) in [7, 11) is 1.64. The molecular formula is C23H22Cl3NO2. The average Bonchev–Trinajstić information content (AvgIpc) is 2.72. The molecule has 0 saturated carbocycles. The van der Waals surface area contributed by atoms with Crippen molar-refractivity contribution in [3.63, 3.8) is 0 Å². The first-order valence-electron chi connectivity index (χ1n) is 9.25. The van der Waals surface area contributed by atoms with Gasteiger partial charge in [0.1, 0.15) is 6.61 Å². The van der Waals surface area contributed by atoms with Gasteiger partial charge >= 0.3 is 0 Å². The van der Waals surface area contributed by atoms with Gasteiger partial charge < -0.3 is 14.8 Å². The molecule has 0 heterocycles. The maximum Gasteiger partial charge on any atom is 0.166 e. The van der Waals surface area contributed by atoms with Crippen molar-refractivity contribution in [1.82, 2.24) is 5.32 Å². The first kappa shape index (κ1) is 21.8. The van der Waals surface area contributed by atoms with E-state index in [0.29, 0.717) is 39.7 Å². The molecule has 0 atom stereocenters. The van der Waals surface area contributed by atoms with E-state index in [-0.39, 0.29) is 0 Å². The van der Waals surface area contributed by atoms with E-state index in [1.807, 2.05) is 54.6 Å². The van der Waals surface area contributed by atoms with Crippen molar-refractivity contribution >= 4 is 34.8 Å². The summed E-state index contributed by atoms with van der Waals surface area (Å²) in [5.41, 5.74) is 3.00. The molecule has 3 aromatic rings. The van der Waals surface area contributed by atoms with E-state index in [9.17, 15) is 0 Å². The number of hydrogen-bond acceptors (Lipinski definition) is 3. The van der Waals surface area contributed by atoms with Crippen LogP contribution >= 0.6 is 34.8 Å². The Kier molecular flexibility index (Phi) is 8.08. The van der Waals surface area contributed by atoms with Gasteiger partial charge in [-0.1, -0.05) is 71.2 Å². The number of hydrogen-bond donors (Lipinski definition) is 1. The Balaban J connectivity index is 1.63. The number of ether oxygens (including phenoxy) is 2. The summed E-state index contributed by atoms with van der Waals surface area (Å²) in [6.45, 7) is 1.77. The van der Waals surface area contributed by atoms with E-state index >= 15 is 0 Å². The van der Waals surface area contributed by atoms with E-state index in [0.717, 1.165) is 29.7 Å². The van der Waals surface area contributed by atoms with Crippen LogP contribution in [0.2, 0.25) is 15.1 Å². The third-order valence-corrected chi connectivity index (χ3v) is 5.47. The van der Waals surface area contributed by atoms with E-state index < -0.39 is 0 Å². The van der Waals surface area contributed by atoms with Crippen molar-refractivity contribution in [2.45, 2.75) is 19.6 Å². The van der Waals surface area contributed by atoms with Crippen LogP contribution in [-0.4, -0.2) is 13.7 Å². The zero-order valence-corrected chi connectivity index (χ0v) is 18.3. The smallest absolute Gasteiger partial charge is 0.166 e. The van der Waals surface area contributed by atoms with Gasteiger partial charge in [-0.05, 0) is 42.8 Å². The molecule has 0 spiro atoms. The van der Waals surface area contributed by atoms with Crippen LogP contribution in [0.1, 0.15) is 16.7 Å². The van der Waals surface area contributed by atoms with Crippen LogP contribution in [0.3, 0.4) is 0 Å². The predicted molar refractivity (Wildman–Crippen MR) is 121 cm³/mol. The molecule has 3 aromatic carbocycles. The van der Waals surface area contributed by atoms with Crippen LogP contribution in [0.4, 0.5) is 0 Å². The van der Waals surface area contributed by atoms with Gasteiger partial charge in [-0.15, -0.1) is 0 Å². The molecule has 0 saturated heterocycles. The normalized spacial score (nSPS) is 10.8.